The van der Waals surface area contributed by atoms with Gasteiger partial charge in [0.25, 0.3) is 10.0 Å². The lowest BCUT2D eigenvalue weighted by Crippen LogP contribution is -2.51. The maximum atomic E-state index is 12.8. The number of rotatable bonds is 5. The summed E-state index contributed by atoms with van der Waals surface area (Å²) < 4.78 is 34.8. The number of aromatic amines is 1. The summed E-state index contributed by atoms with van der Waals surface area (Å²) >= 11 is 6.15. The lowest BCUT2D eigenvalue weighted by atomic mass is 9.94. The number of sulfonamides is 1. The predicted octanol–water partition coefficient (Wildman–Crippen LogP) is 2.33. The summed E-state index contributed by atoms with van der Waals surface area (Å²) in [5.74, 6) is 0. The molecule has 2 N–H and O–H groups in total. The van der Waals surface area contributed by atoms with E-state index in [1.54, 1.807) is 0 Å². The summed E-state index contributed by atoms with van der Waals surface area (Å²) in [5, 5.41) is 23.1. The Morgan fingerprint density at radius 3 is 2.82 bits per heavy atom. The van der Waals surface area contributed by atoms with Crippen LogP contribution in [0.2, 0.25) is 5.02 Å². The third kappa shape index (κ3) is 2.79. The average molecular weight is 417 g/mol. The number of anilines is 1. The van der Waals surface area contributed by atoms with Crippen molar-refractivity contribution < 1.29 is 13.2 Å². The highest BCUT2D eigenvalue weighted by atomic mass is 35.5. The second kappa shape index (κ2) is 6.53. The normalized spacial score (nSPS) is 15.5. The van der Waals surface area contributed by atoms with Crippen molar-refractivity contribution >= 4 is 38.2 Å². The lowest BCUT2D eigenvalue weighted by Gasteiger charge is -2.39. The van der Waals surface area contributed by atoms with E-state index in [-0.39, 0.29) is 17.0 Å². The molecule has 3 heterocycles. The topological polar surface area (TPSA) is 137 Å². The zero-order valence-electron chi connectivity index (χ0n) is 14.3. The molecule has 3 aromatic rings. The highest BCUT2D eigenvalue weighted by Gasteiger charge is 2.42. The Kier molecular flexibility index (Phi) is 4.27. The molecule has 142 valence electrons. The minimum absolute atomic E-state index is 0.0492. The Bertz CT molecular complexity index is 1260. The van der Waals surface area contributed by atoms with Gasteiger partial charge >= 0.3 is 0 Å². The van der Waals surface area contributed by atoms with Crippen molar-refractivity contribution in [1.82, 2.24) is 14.8 Å². The molecule has 0 spiro atoms. The number of benzene rings is 1. The first kappa shape index (κ1) is 18.3. The molecule has 9 nitrogen and oxygen atoms in total. The zero-order valence-corrected chi connectivity index (χ0v) is 15.9. The fraction of sp³-hybridized carbons (Fsp3) is 0.235. The molecule has 0 radical (unpaired) electrons. The van der Waals surface area contributed by atoms with Crippen LogP contribution in [0, 0.1) is 22.7 Å². The third-order valence-corrected chi connectivity index (χ3v) is 6.29. The first-order chi connectivity index (χ1) is 13.4. The van der Waals surface area contributed by atoms with Crippen molar-refractivity contribution in [2.75, 3.05) is 17.9 Å². The largest absolute Gasteiger partial charge is 0.376 e. The van der Waals surface area contributed by atoms with E-state index < -0.39 is 15.6 Å². The van der Waals surface area contributed by atoms with Gasteiger partial charge in [0.15, 0.2) is 0 Å². The van der Waals surface area contributed by atoms with E-state index in [4.69, 9.17) is 21.6 Å². The summed E-state index contributed by atoms with van der Waals surface area (Å²) in [6, 6.07) is 7.13. The monoisotopic (exact) mass is 416 g/mol. The maximum absolute atomic E-state index is 12.8. The van der Waals surface area contributed by atoms with Gasteiger partial charge in [0.2, 0.25) is 0 Å². The summed E-state index contributed by atoms with van der Waals surface area (Å²) in [6.07, 6.45) is 4.24. The van der Waals surface area contributed by atoms with Crippen LogP contribution in [-0.2, 0) is 20.3 Å². The number of hydrogen-bond donors (Lipinski definition) is 2. The molecule has 1 fully saturated rings. The molecular formula is C17H13ClN6O3S. The fourth-order valence-corrected chi connectivity index (χ4v) is 4.35. The number of fused-ring (bicyclic) bond motifs is 1. The first-order valence-electron chi connectivity index (χ1n) is 8.12. The molecular weight excluding hydrogens is 404 g/mol. The molecule has 0 atom stereocenters. The molecule has 0 unspecified atom stereocenters. The molecule has 1 aliphatic heterocycles. The number of nitrogens with one attached hydrogen (secondary N) is 2. The Balaban J connectivity index is 1.69. The number of H-pyrrole nitrogens is 1. The van der Waals surface area contributed by atoms with E-state index in [2.05, 4.69) is 20.9 Å². The van der Waals surface area contributed by atoms with Gasteiger partial charge in [-0.1, -0.05) is 11.6 Å². The molecule has 0 bridgehead atoms. The minimum Gasteiger partial charge on any atom is -0.376 e. The highest BCUT2D eigenvalue weighted by Crippen LogP contribution is 2.34. The number of ether oxygens (including phenoxy) is 1. The summed E-state index contributed by atoms with van der Waals surface area (Å²) in [7, 11) is -3.96. The molecule has 1 aliphatic rings. The lowest BCUT2D eigenvalue weighted by molar-refractivity contribution is -0.104. The van der Waals surface area contributed by atoms with Gasteiger partial charge in [-0.3, -0.25) is 9.40 Å². The smallest absolute Gasteiger partial charge is 0.265 e. The standard InChI is InChI=1S/C17H13ClN6O3S/c18-13-1-2-14(16-15(13)11(5-20)6-21-16)23-28(25,26)12-7-22-24(8-12)17(3-4-19)9-27-10-17/h1-2,6-8,21,23H,3,9-10H2. The van der Waals surface area contributed by atoms with Crippen molar-refractivity contribution in [2.45, 2.75) is 16.9 Å². The van der Waals surface area contributed by atoms with Crippen molar-refractivity contribution in [3.8, 4) is 12.1 Å². The number of nitriles is 2. The van der Waals surface area contributed by atoms with Gasteiger partial charge < -0.3 is 9.72 Å². The number of aromatic nitrogens is 3. The fourth-order valence-electron chi connectivity index (χ4n) is 3.09. The van der Waals surface area contributed by atoms with Crippen molar-refractivity contribution in [1.29, 1.82) is 10.5 Å². The summed E-state index contributed by atoms with van der Waals surface area (Å²) in [4.78, 5) is 2.83. The Labute approximate surface area is 165 Å². The van der Waals surface area contributed by atoms with Gasteiger partial charge in [-0.15, -0.1) is 0 Å². The number of nitrogens with zero attached hydrogens (tertiary/aromatic N) is 4. The van der Waals surface area contributed by atoms with Gasteiger partial charge in [-0.05, 0) is 12.1 Å². The van der Waals surface area contributed by atoms with Crippen LogP contribution in [0.15, 0.2) is 35.6 Å². The Hall–Kier alpha value is -3.05. The van der Waals surface area contributed by atoms with Crippen molar-refractivity contribution in [2.24, 2.45) is 0 Å². The molecule has 0 amide bonds. The number of hydrogen-bond acceptors (Lipinski definition) is 6. The predicted molar refractivity (Wildman–Crippen MR) is 100 cm³/mol. The highest BCUT2D eigenvalue weighted by molar-refractivity contribution is 7.92. The molecule has 1 aromatic carbocycles. The van der Waals surface area contributed by atoms with Crippen LogP contribution in [0.5, 0.6) is 0 Å². The van der Waals surface area contributed by atoms with Crippen LogP contribution >= 0.6 is 11.6 Å². The van der Waals surface area contributed by atoms with Gasteiger partial charge in [0, 0.05) is 17.8 Å². The van der Waals surface area contributed by atoms with Crippen LogP contribution in [0.3, 0.4) is 0 Å². The second-order valence-corrected chi connectivity index (χ2v) is 8.53. The van der Waals surface area contributed by atoms with Crippen LogP contribution in [0.25, 0.3) is 10.9 Å². The van der Waals surface area contributed by atoms with E-state index in [0.29, 0.717) is 34.7 Å². The Morgan fingerprint density at radius 2 is 2.18 bits per heavy atom. The van der Waals surface area contributed by atoms with E-state index in [0.717, 1.165) is 0 Å². The van der Waals surface area contributed by atoms with Gasteiger partial charge in [0.05, 0.1) is 53.7 Å². The van der Waals surface area contributed by atoms with Crippen LogP contribution in [0.4, 0.5) is 5.69 Å². The first-order valence-corrected chi connectivity index (χ1v) is 9.99. The van der Waals surface area contributed by atoms with Crippen LogP contribution < -0.4 is 4.72 Å². The molecule has 11 heteroatoms. The van der Waals surface area contributed by atoms with Gasteiger partial charge in [0.1, 0.15) is 16.5 Å². The van der Waals surface area contributed by atoms with Gasteiger partial charge in [-0.2, -0.15) is 15.6 Å². The van der Waals surface area contributed by atoms with Crippen molar-refractivity contribution in [3.05, 3.63) is 41.3 Å². The SMILES string of the molecule is N#CCC1(n2cc(S(=O)(=O)Nc3ccc(Cl)c4c(C#N)c[nH]c34)cn2)COC1. The van der Waals surface area contributed by atoms with E-state index >= 15 is 0 Å². The van der Waals surface area contributed by atoms with Gasteiger partial charge in [-0.25, -0.2) is 8.42 Å². The molecule has 0 aliphatic carbocycles. The molecule has 28 heavy (non-hydrogen) atoms. The quantitative estimate of drug-likeness (QED) is 0.654. The average Bonchev–Trinajstić information content (AvgIpc) is 3.28. The molecule has 0 saturated carbocycles. The Morgan fingerprint density at radius 1 is 1.39 bits per heavy atom. The minimum atomic E-state index is -3.96. The second-order valence-electron chi connectivity index (χ2n) is 6.44. The number of halogens is 1. The molecule has 4 rings (SSSR count). The van der Waals surface area contributed by atoms with E-state index in [1.165, 1.54) is 35.4 Å². The zero-order chi connectivity index (χ0) is 19.9. The van der Waals surface area contributed by atoms with Crippen LogP contribution in [-0.4, -0.2) is 36.4 Å². The molecule has 2 aromatic heterocycles. The van der Waals surface area contributed by atoms with Crippen LogP contribution in [0.1, 0.15) is 12.0 Å². The van der Waals surface area contributed by atoms with Crippen molar-refractivity contribution in [3.63, 3.8) is 0 Å². The van der Waals surface area contributed by atoms with E-state index in [1.807, 2.05) is 6.07 Å². The molecule has 1 saturated heterocycles. The van der Waals surface area contributed by atoms with E-state index in [9.17, 15) is 13.7 Å². The summed E-state index contributed by atoms with van der Waals surface area (Å²) in [6.45, 7) is 0.596. The maximum Gasteiger partial charge on any atom is 0.265 e. The summed E-state index contributed by atoms with van der Waals surface area (Å²) in [5.41, 5.74) is 0.343. The third-order valence-electron chi connectivity index (χ3n) is 4.65.